The monoisotopic (exact) mass is 532 g/mol. The summed E-state index contributed by atoms with van der Waals surface area (Å²) in [5.41, 5.74) is -0.203. The summed E-state index contributed by atoms with van der Waals surface area (Å²) < 4.78 is 5.79. The molecule has 5 rings (SSSR count). The Morgan fingerprint density at radius 3 is 2.71 bits per heavy atom. The first-order valence-corrected chi connectivity index (χ1v) is 14.8. The molecule has 10 atom stereocenters. The van der Waals surface area contributed by atoms with Gasteiger partial charge in [-0.1, -0.05) is 0 Å². The molecule has 2 amide bonds. The van der Waals surface area contributed by atoms with Gasteiger partial charge in [0.25, 0.3) is 0 Å². The highest BCUT2D eigenvalue weighted by atomic mass is 35.5. The number of carbonyl (C=O) groups is 2. The zero-order chi connectivity index (χ0) is 23.8. The van der Waals surface area contributed by atoms with Gasteiger partial charge in [0.1, 0.15) is 10.9 Å². The Labute approximate surface area is 215 Å². The maximum Gasteiger partial charge on any atom is 0.250 e. The van der Waals surface area contributed by atoms with E-state index >= 15 is 0 Å². The number of likely N-dealkylation sites (tertiary alicyclic amines) is 1. The molecule has 0 aromatic carbocycles. The number of nitrogens with one attached hydrogen (secondary N) is 5. The van der Waals surface area contributed by atoms with Crippen LogP contribution in [-0.4, -0.2) is 102 Å². The minimum Gasteiger partial charge on any atom is -0.380 e. The summed E-state index contributed by atoms with van der Waals surface area (Å²) in [4.78, 5) is 28.2. The number of nitrogens with zero attached hydrogens (tertiary/aromatic N) is 1. The number of thioether (sulfide) groups is 2. The molecule has 5 saturated heterocycles. The van der Waals surface area contributed by atoms with E-state index in [1.807, 2.05) is 4.90 Å². The van der Waals surface area contributed by atoms with Crippen LogP contribution in [0.15, 0.2) is 0 Å². The van der Waals surface area contributed by atoms with Crippen molar-refractivity contribution in [1.29, 1.82) is 0 Å². The standard InChI is InChI=1S/C22H37ClN6O3S2/c1-11-5-12(13-6-18(23)26-8-16(13)32-2)14(7-25-11)19(30)28-22-27-15-9-29(10-17(15)34-22)21(31)20-24-3-4-33-20/h11-18,20,22,24-27H,3-10H2,1-2H3,(H,28,30). The van der Waals surface area contributed by atoms with Gasteiger partial charge in [-0.3, -0.25) is 25.5 Å². The number of piperidine rings is 2. The highest BCUT2D eigenvalue weighted by Gasteiger charge is 2.47. The van der Waals surface area contributed by atoms with Gasteiger partial charge in [-0.15, -0.1) is 35.1 Å². The van der Waals surface area contributed by atoms with Crippen LogP contribution < -0.4 is 26.6 Å². The number of carbonyl (C=O) groups excluding carboxylic acids is 2. The molecule has 192 valence electrons. The molecule has 9 nitrogen and oxygen atoms in total. The zero-order valence-corrected chi connectivity index (χ0v) is 22.2. The Kier molecular flexibility index (Phi) is 8.21. The maximum absolute atomic E-state index is 13.5. The van der Waals surface area contributed by atoms with Crippen molar-refractivity contribution in [3.63, 3.8) is 0 Å². The van der Waals surface area contributed by atoms with Crippen molar-refractivity contribution in [2.75, 3.05) is 45.6 Å². The van der Waals surface area contributed by atoms with E-state index in [1.54, 1.807) is 30.6 Å². The molecular weight excluding hydrogens is 496 g/mol. The number of fused-ring (bicyclic) bond motifs is 1. The van der Waals surface area contributed by atoms with Crippen molar-refractivity contribution >= 4 is 46.9 Å². The average Bonchev–Trinajstić information content (AvgIpc) is 3.55. The quantitative estimate of drug-likeness (QED) is 0.242. The molecule has 34 heavy (non-hydrogen) atoms. The fourth-order valence-corrected chi connectivity index (χ4v) is 8.90. The van der Waals surface area contributed by atoms with Gasteiger partial charge in [-0.05, 0) is 31.6 Å². The van der Waals surface area contributed by atoms with Crippen LogP contribution in [0, 0.1) is 17.8 Å². The first kappa shape index (κ1) is 25.4. The lowest BCUT2D eigenvalue weighted by Gasteiger charge is -2.45. The number of ether oxygens (including phenoxy) is 1. The van der Waals surface area contributed by atoms with E-state index in [9.17, 15) is 9.59 Å². The third-order valence-electron chi connectivity index (χ3n) is 7.98. The molecule has 0 radical (unpaired) electrons. The van der Waals surface area contributed by atoms with Crippen molar-refractivity contribution in [3.05, 3.63) is 0 Å². The molecule has 10 unspecified atom stereocenters. The minimum absolute atomic E-state index is 0.0648. The number of rotatable bonds is 5. The molecule has 5 aliphatic heterocycles. The first-order chi connectivity index (χ1) is 16.4. The smallest absolute Gasteiger partial charge is 0.250 e. The van der Waals surface area contributed by atoms with Crippen molar-refractivity contribution in [2.45, 2.75) is 59.6 Å². The molecule has 5 fully saturated rings. The Bertz CT molecular complexity index is 748. The summed E-state index contributed by atoms with van der Waals surface area (Å²) in [5.74, 6) is 1.62. The Morgan fingerprint density at radius 1 is 1.12 bits per heavy atom. The van der Waals surface area contributed by atoms with Gasteiger partial charge in [-0.2, -0.15) is 0 Å². The SMILES string of the molecule is COC1CNC(Cl)CC1C1CC(C)NCC1C(=O)NC1NC2CN(C(=O)C3NCCS3)CC2S1. The Morgan fingerprint density at radius 2 is 1.97 bits per heavy atom. The highest BCUT2D eigenvalue weighted by molar-refractivity contribution is 8.01. The zero-order valence-electron chi connectivity index (χ0n) is 19.8. The van der Waals surface area contributed by atoms with E-state index in [0.717, 1.165) is 38.2 Å². The third-order valence-corrected chi connectivity index (χ3v) is 10.8. The van der Waals surface area contributed by atoms with Crippen molar-refractivity contribution in [3.8, 4) is 0 Å². The maximum atomic E-state index is 13.5. The molecule has 12 heteroatoms. The minimum atomic E-state index is -0.120. The van der Waals surface area contributed by atoms with Crippen LogP contribution in [0.3, 0.4) is 0 Å². The predicted octanol–water partition coefficient (Wildman–Crippen LogP) is -0.232. The fourth-order valence-electron chi connectivity index (χ4n) is 6.20. The molecule has 0 aromatic rings. The van der Waals surface area contributed by atoms with Gasteiger partial charge in [0.2, 0.25) is 11.8 Å². The molecule has 0 bridgehead atoms. The van der Waals surface area contributed by atoms with E-state index in [1.165, 1.54) is 0 Å². The van der Waals surface area contributed by atoms with Crippen molar-refractivity contribution in [2.24, 2.45) is 17.8 Å². The summed E-state index contributed by atoms with van der Waals surface area (Å²) in [6.07, 6.45) is 1.81. The molecule has 5 aliphatic rings. The van der Waals surface area contributed by atoms with Gasteiger partial charge < -0.3 is 20.3 Å². The van der Waals surface area contributed by atoms with Crippen LogP contribution in [0.4, 0.5) is 0 Å². The van der Waals surface area contributed by atoms with E-state index in [0.29, 0.717) is 24.4 Å². The largest absolute Gasteiger partial charge is 0.380 e. The molecule has 5 heterocycles. The molecule has 0 spiro atoms. The second-order valence-electron chi connectivity index (χ2n) is 10.1. The topological polar surface area (TPSA) is 107 Å². The number of hydrogen-bond donors (Lipinski definition) is 5. The Balaban J connectivity index is 1.17. The van der Waals surface area contributed by atoms with Crippen LogP contribution in [0.2, 0.25) is 0 Å². The highest BCUT2D eigenvalue weighted by Crippen LogP contribution is 2.38. The molecule has 5 N–H and O–H groups in total. The molecular formula is C22H37ClN6O3S2. The van der Waals surface area contributed by atoms with Gasteiger partial charge in [-0.25, -0.2) is 0 Å². The fraction of sp³-hybridized carbons (Fsp3) is 0.909. The van der Waals surface area contributed by atoms with Crippen LogP contribution in [0.25, 0.3) is 0 Å². The number of halogens is 1. The second-order valence-corrected chi connectivity index (χ2v) is 13.2. The number of amides is 2. The first-order valence-electron chi connectivity index (χ1n) is 12.4. The average molecular weight is 533 g/mol. The summed E-state index contributed by atoms with van der Waals surface area (Å²) in [6, 6.07) is 0.579. The number of methoxy groups -OCH3 is 1. The summed E-state index contributed by atoms with van der Waals surface area (Å²) in [5, 5.41) is 17.1. The third kappa shape index (κ3) is 5.37. The van der Waals surface area contributed by atoms with Crippen LogP contribution in [0.1, 0.15) is 19.8 Å². The van der Waals surface area contributed by atoms with E-state index in [4.69, 9.17) is 16.3 Å². The second kappa shape index (κ2) is 11.0. The summed E-state index contributed by atoms with van der Waals surface area (Å²) >= 11 is 9.88. The van der Waals surface area contributed by atoms with Crippen LogP contribution in [-0.2, 0) is 14.3 Å². The van der Waals surface area contributed by atoms with Gasteiger partial charge >= 0.3 is 0 Å². The lowest BCUT2D eigenvalue weighted by molar-refractivity contribution is -0.131. The normalized spacial score (nSPS) is 44.7. The van der Waals surface area contributed by atoms with E-state index < -0.39 is 0 Å². The van der Waals surface area contributed by atoms with Crippen LogP contribution in [0.5, 0.6) is 0 Å². The number of alkyl halides is 1. The molecule has 0 aliphatic carbocycles. The van der Waals surface area contributed by atoms with Gasteiger partial charge in [0.15, 0.2) is 0 Å². The lowest BCUT2D eigenvalue weighted by atomic mass is 9.70. The Hall–Kier alpha value is -0.270. The predicted molar refractivity (Wildman–Crippen MR) is 137 cm³/mol. The van der Waals surface area contributed by atoms with Gasteiger partial charge in [0.05, 0.1) is 17.5 Å². The van der Waals surface area contributed by atoms with Crippen molar-refractivity contribution in [1.82, 2.24) is 31.5 Å². The van der Waals surface area contributed by atoms with Crippen LogP contribution >= 0.6 is 35.1 Å². The van der Waals surface area contributed by atoms with E-state index in [2.05, 4.69) is 33.5 Å². The molecule has 0 saturated carbocycles. The molecule has 0 aromatic heterocycles. The van der Waals surface area contributed by atoms with Gasteiger partial charge in [0, 0.05) is 62.9 Å². The van der Waals surface area contributed by atoms with E-state index in [-0.39, 0.29) is 58.1 Å². The lowest BCUT2D eigenvalue weighted by Crippen LogP contribution is -2.57. The summed E-state index contributed by atoms with van der Waals surface area (Å²) in [6.45, 7) is 5.91. The number of hydrogen-bond acceptors (Lipinski definition) is 9. The summed E-state index contributed by atoms with van der Waals surface area (Å²) in [7, 11) is 1.75. The van der Waals surface area contributed by atoms with Crippen molar-refractivity contribution < 1.29 is 14.3 Å².